The quantitative estimate of drug-likeness (QED) is 0.796. The molecule has 2 aliphatic rings. The van der Waals surface area contributed by atoms with Crippen molar-refractivity contribution in [3.05, 3.63) is 35.4 Å². The van der Waals surface area contributed by atoms with Gasteiger partial charge in [0.25, 0.3) is 0 Å². The van der Waals surface area contributed by atoms with E-state index in [2.05, 4.69) is 17.5 Å². The molecule has 0 radical (unpaired) electrons. The highest BCUT2D eigenvalue weighted by Crippen LogP contribution is 2.22. The molecule has 1 N–H and O–H groups in total. The molecule has 1 saturated heterocycles. The van der Waals surface area contributed by atoms with Gasteiger partial charge in [-0.3, -0.25) is 9.59 Å². The largest absolute Gasteiger partial charge is 0.444 e. The monoisotopic (exact) mass is 426 g/mol. The van der Waals surface area contributed by atoms with Crippen LogP contribution in [0.5, 0.6) is 0 Å². The SMILES string of the molecule is CC(C)(C)OC(=O)NC(CC(=O)N1CCc2ccccc2C1)C(=O)N1CCCC1C#N. The molecule has 1 aromatic rings. The second-order valence-corrected chi connectivity index (χ2v) is 9.06. The molecule has 3 amide bonds. The van der Waals surface area contributed by atoms with E-state index >= 15 is 0 Å². The third-order valence-electron chi connectivity index (χ3n) is 5.54. The van der Waals surface area contributed by atoms with Crippen molar-refractivity contribution in [2.45, 2.75) is 70.7 Å². The number of benzene rings is 1. The molecule has 8 nitrogen and oxygen atoms in total. The Morgan fingerprint density at radius 2 is 1.94 bits per heavy atom. The van der Waals surface area contributed by atoms with Crippen LogP contribution in [0.3, 0.4) is 0 Å². The molecule has 1 fully saturated rings. The summed E-state index contributed by atoms with van der Waals surface area (Å²) in [5.41, 5.74) is 1.58. The first-order valence-corrected chi connectivity index (χ1v) is 10.7. The lowest BCUT2D eigenvalue weighted by atomic mass is 9.99. The van der Waals surface area contributed by atoms with E-state index in [4.69, 9.17) is 4.74 Å². The number of nitriles is 1. The average molecular weight is 427 g/mol. The van der Waals surface area contributed by atoms with E-state index in [0.717, 1.165) is 18.4 Å². The zero-order valence-electron chi connectivity index (χ0n) is 18.4. The molecule has 0 aliphatic carbocycles. The number of hydrogen-bond donors (Lipinski definition) is 1. The van der Waals surface area contributed by atoms with Gasteiger partial charge in [-0.15, -0.1) is 0 Å². The lowest BCUT2D eigenvalue weighted by molar-refractivity contribution is -0.139. The summed E-state index contributed by atoms with van der Waals surface area (Å²) in [5, 5.41) is 11.9. The van der Waals surface area contributed by atoms with Gasteiger partial charge >= 0.3 is 6.09 Å². The molecule has 2 heterocycles. The molecule has 0 aromatic heterocycles. The Labute approximate surface area is 183 Å². The van der Waals surface area contributed by atoms with Gasteiger partial charge in [-0.05, 0) is 51.2 Å². The Bertz CT molecular complexity index is 886. The summed E-state index contributed by atoms with van der Waals surface area (Å²) in [4.78, 5) is 41.8. The number of likely N-dealkylation sites (tertiary alicyclic amines) is 1. The zero-order valence-corrected chi connectivity index (χ0v) is 18.4. The zero-order chi connectivity index (χ0) is 22.6. The summed E-state index contributed by atoms with van der Waals surface area (Å²) >= 11 is 0. The van der Waals surface area contributed by atoms with Crippen molar-refractivity contribution in [3.8, 4) is 6.07 Å². The van der Waals surface area contributed by atoms with Crippen LogP contribution in [-0.4, -0.2) is 58.5 Å². The summed E-state index contributed by atoms with van der Waals surface area (Å²) in [6.07, 6.45) is 1.14. The number of fused-ring (bicyclic) bond motifs is 1. The smallest absolute Gasteiger partial charge is 0.408 e. The average Bonchev–Trinajstić information content (AvgIpc) is 3.19. The van der Waals surface area contributed by atoms with Crippen molar-refractivity contribution >= 4 is 17.9 Å². The highest BCUT2D eigenvalue weighted by Gasteiger charge is 2.36. The number of ether oxygens (including phenoxy) is 1. The van der Waals surface area contributed by atoms with Crippen LogP contribution >= 0.6 is 0 Å². The van der Waals surface area contributed by atoms with Crippen LogP contribution in [0.25, 0.3) is 0 Å². The van der Waals surface area contributed by atoms with Gasteiger partial charge in [0.2, 0.25) is 11.8 Å². The lowest BCUT2D eigenvalue weighted by Gasteiger charge is -2.31. The predicted molar refractivity (Wildman–Crippen MR) is 114 cm³/mol. The minimum Gasteiger partial charge on any atom is -0.444 e. The van der Waals surface area contributed by atoms with Gasteiger partial charge in [0, 0.05) is 19.6 Å². The number of nitrogens with zero attached hydrogens (tertiary/aromatic N) is 3. The molecule has 2 atom stereocenters. The lowest BCUT2D eigenvalue weighted by Crippen LogP contribution is -2.53. The Morgan fingerprint density at radius 1 is 1.23 bits per heavy atom. The molecular formula is C23H30N4O4. The van der Waals surface area contributed by atoms with Gasteiger partial charge in [0.1, 0.15) is 17.7 Å². The molecule has 3 rings (SSSR count). The Morgan fingerprint density at radius 3 is 2.61 bits per heavy atom. The fourth-order valence-corrected chi connectivity index (χ4v) is 4.03. The van der Waals surface area contributed by atoms with Crippen molar-refractivity contribution < 1.29 is 19.1 Å². The number of nitrogens with one attached hydrogen (secondary N) is 1. The van der Waals surface area contributed by atoms with Crippen LogP contribution in [-0.2, 0) is 27.3 Å². The Hall–Kier alpha value is -3.08. The van der Waals surface area contributed by atoms with Crippen LogP contribution in [0.1, 0.15) is 51.2 Å². The molecular weight excluding hydrogens is 396 g/mol. The van der Waals surface area contributed by atoms with Gasteiger partial charge < -0.3 is 19.9 Å². The van der Waals surface area contributed by atoms with Gasteiger partial charge in [-0.2, -0.15) is 5.26 Å². The molecule has 2 aliphatic heterocycles. The topological polar surface area (TPSA) is 103 Å². The van der Waals surface area contributed by atoms with E-state index in [-0.39, 0.29) is 12.3 Å². The molecule has 0 bridgehead atoms. The molecule has 8 heteroatoms. The molecule has 1 aromatic carbocycles. The van der Waals surface area contributed by atoms with Crippen LogP contribution in [0, 0.1) is 11.3 Å². The maximum Gasteiger partial charge on any atom is 0.408 e. The normalized spacial score (nSPS) is 19.2. The number of alkyl carbamates (subject to hydrolysis) is 1. The Kier molecular flexibility index (Phi) is 6.84. The van der Waals surface area contributed by atoms with Gasteiger partial charge in [-0.25, -0.2) is 4.79 Å². The first-order valence-electron chi connectivity index (χ1n) is 10.7. The third kappa shape index (κ3) is 5.75. The summed E-state index contributed by atoms with van der Waals surface area (Å²) < 4.78 is 5.30. The van der Waals surface area contributed by atoms with Crippen LogP contribution < -0.4 is 5.32 Å². The molecule has 0 saturated carbocycles. The number of carbonyl (C=O) groups excluding carboxylic acids is 3. The summed E-state index contributed by atoms with van der Waals surface area (Å²) in [7, 11) is 0. The predicted octanol–water partition coefficient (Wildman–Crippen LogP) is 2.37. The van der Waals surface area contributed by atoms with Crippen molar-refractivity contribution in [2.75, 3.05) is 13.1 Å². The van der Waals surface area contributed by atoms with Crippen molar-refractivity contribution in [3.63, 3.8) is 0 Å². The van der Waals surface area contributed by atoms with E-state index in [9.17, 15) is 19.6 Å². The summed E-state index contributed by atoms with van der Waals surface area (Å²) in [6, 6.07) is 8.51. The van der Waals surface area contributed by atoms with E-state index in [1.54, 1.807) is 25.7 Å². The fourth-order valence-electron chi connectivity index (χ4n) is 4.03. The van der Waals surface area contributed by atoms with E-state index in [0.29, 0.717) is 26.1 Å². The maximum absolute atomic E-state index is 13.2. The minimum atomic E-state index is -1.08. The minimum absolute atomic E-state index is 0.172. The van der Waals surface area contributed by atoms with E-state index in [1.165, 1.54) is 10.5 Å². The van der Waals surface area contributed by atoms with Crippen LogP contribution in [0.4, 0.5) is 4.79 Å². The highest BCUT2D eigenvalue weighted by atomic mass is 16.6. The first-order chi connectivity index (χ1) is 14.7. The number of amides is 3. The molecule has 31 heavy (non-hydrogen) atoms. The standard InChI is InChI=1S/C23H30N4O4/c1-23(2,3)31-22(30)25-19(21(29)27-11-6-9-18(27)14-24)13-20(28)26-12-10-16-7-4-5-8-17(16)15-26/h4-5,7-8,18-19H,6,9-13,15H2,1-3H3,(H,25,30). The van der Waals surface area contributed by atoms with Gasteiger partial charge in [0.05, 0.1) is 12.5 Å². The van der Waals surface area contributed by atoms with E-state index in [1.807, 2.05) is 18.2 Å². The van der Waals surface area contributed by atoms with Crippen molar-refractivity contribution in [1.29, 1.82) is 5.26 Å². The second-order valence-electron chi connectivity index (χ2n) is 9.06. The maximum atomic E-state index is 13.2. The molecule has 0 spiro atoms. The van der Waals surface area contributed by atoms with Crippen LogP contribution in [0.15, 0.2) is 24.3 Å². The third-order valence-corrected chi connectivity index (χ3v) is 5.54. The second kappa shape index (κ2) is 9.38. The number of carbonyl (C=O) groups is 3. The Balaban J connectivity index is 1.73. The van der Waals surface area contributed by atoms with E-state index < -0.39 is 29.7 Å². The summed E-state index contributed by atoms with van der Waals surface area (Å²) in [6.45, 7) is 6.67. The van der Waals surface area contributed by atoms with Gasteiger partial charge in [-0.1, -0.05) is 24.3 Å². The molecule has 166 valence electrons. The van der Waals surface area contributed by atoms with Crippen molar-refractivity contribution in [1.82, 2.24) is 15.1 Å². The highest BCUT2D eigenvalue weighted by molar-refractivity contribution is 5.91. The summed E-state index contributed by atoms with van der Waals surface area (Å²) in [5.74, 6) is -0.628. The molecule has 2 unspecified atom stereocenters. The van der Waals surface area contributed by atoms with Crippen molar-refractivity contribution in [2.24, 2.45) is 0 Å². The van der Waals surface area contributed by atoms with Crippen LogP contribution in [0.2, 0.25) is 0 Å². The number of hydrogen-bond acceptors (Lipinski definition) is 5. The fraction of sp³-hybridized carbons (Fsp3) is 0.565. The van der Waals surface area contributed by atoms with Gasteiger partial charge in [0.15, 0.2) is 0 Å². The first kappa shape index (κ1) is 22.6. The number of rotatable bonds is 4.